The average Bonchev–Trinajstić information content (AvgIpc) is 2.37. The molecule has 6 heteroatoms. The Morgan fingerprint density at radius 2 is 2.28 bits per heavy atom. The van der Waals surface area contributed by atoms with E-state index >= 15 is 0 Å². The van der Waals surface area contributed by atoms with Crippen LogP contribution >= 0.6 is 11.8 Å². The number of carbonyl (C=O) groups excluding carboxylic acids is 1. The molecule has 0 saturated carbocycles. The lowest BCUT2D eigenvalue weighted by Gasteiger charge is -2.11. The number of benzene rings is 1. The second-order valence-corrected chi connectivity index (χ2v) is 4.65. The van der Waals surface area contributed by atoms with Crippen LogP contribution in [0.25, 0.3) is 0 Å². The molecule has 100 valence electrons. The minimum absolute atomic E-state index is 0.291. The molecule has 0 aliphatic heterocycles. The molecule has 0 bridgehead atoms. The third-order valence-corrected chi connectivity index (χ3v) is 3.42. The molecule has 0 aromatic heterocycles. The molecule has 0 saturated heterocycles. The van der Waals surface area contributed by atoms with Gasteiger partial charge in [0.1, 0.15) is 0 Å². The fourth-order valence-electron chi connectivity index (χ4n) is 1.30. The van der Waals surface area contributed by atoms with Crippen LogP contribution in [-0.4, -0.2) is 41.3 Å². The van der Waals surface area contributed by atoms with Crippen molar-refractivity contribution in [1.29, 1.82) is 0 Å². The van der Waals surface area contributed by atoms with Crippen LogP contribution in [0.5, 0.6) is 0 Å². The van der Waals surface area contributed by atoms with Crippen LogP contribution in [0.15, 0.2) is 23.1 Å². The molecule has 1 aromatic carbocycles. The number of rotatable bonds is 6. The summed E-state index contributed by atoms with van der Waals surface area (Å²) in [5.41, 5.74) is 6.54. The maximum Gasteiger partial charge on any atom is 0.340 e. The first kappa shape index (κ1) is 14.8. The molecule has 1 unspecified atom stereocenters. The Hall–Kier alpha value is -1.24. The van der Waals surface area contributed by atoms with E-state index in [0.717, 1.165) is 0 Å². The van der Waals surface area contributed by atoms with Gasteiger partial charge >= 0.3 is 5.97 Å². The van der Waals surface area contributed by atoms with Gasteiger partial charge in [-0.1, -0.05) is 6.07 Å². The highest BCUT2D eigenvalue weighted by molar-refractivity contribution is 7.99. The van der Waals surface area contributed by atoms with E-state index in [1.807, 2.05) is 0 Å². The maximum absolute atomic E-state index is 11.6. The molecule has 1 atom stereocenters. The van der Waals surface area contributed by atoms with Gasteiger partial charge in [-0.15, -0.1) is 11.8 Å². The zero-order valence-electron chi connectivity index (χ0n) is 10.1. The Balaban J connectivity index is 2.81. The minimum atomic E-state index is -0.805. The molecular formula is C12H17NO4S. The summed E-state index contributed by atoms with van der Waals surface area (Å²) < 4.78 is 4.89. The molecule has 5 nitrogen and oxygen atoms in total. The minimum Gasteiger partial charge on any atom is -0.462 e. The van der Waals surface area contributed by atoms with Gasteiger partial charge < -0.3 is 20.7 Å². The zero-order chi connectivity index (χ0) is 13.5. The van der Waals surface area contributed by atoms with Gasteiger partial charge in [-0.05, 0) is 19.1 Å². The van der Waals surface area contributed by atoms with Crippen molar-refractivity contribution in [3.8, 4) is 0 Å². The highest BCUT2D eigenvalue weighted by Crippen LogP contribution is 2.28. The van der Waals surface area contributed by atoms with E-state index in [1.54, 1.807) is 25.1 Å². The molecule has 0 aliphatic rings. The van der Waals surface area contributed by atoms with Crippen molar-refractivity contribution in [3.63, 3.8) is 0 Å². The van der Waals surface area contributed by atoms with Crippen LogP contribution in [0.3, 0.4) is 0 Å². The number of nitrogen functional groups attached to an aromatic ring is 1. The van der Waals surface area contributed by atoms with E-state index in [2.05, 4.69) is 0 Å². The quantitative estimate of drug-likeness (QED) is 0.404. The van der Waals surface area contributed by atoms with E-state index in [-0.39, 0.29) is 6.61 Å². The Bertz CT molecular complexity index is 411. The number of ether oxygens (including phenoxy) is 1. The fourth-order valence-corrected chi connectivity index (χ4v) is 2.21. The van der Waals surface area contributed by atoms with Crippen molar-refractivity contribution in [2.45, 2.75) is 17.9 Å². The van der Waals surface area contributed by atoms with E-state index in [1.165, 1.54) is 11.8 Å². The number of thioether (sulfide) groups is 1. The van der Waals surface area contributed by atoms with Crippen LogP contribution in [0.1, 0.15) is 17.3 Å². The molecule has 0 heterocycles. The summed E-state index contributed by atoms with van der Waals surface area (Å²) >= 11 is 1.29. The largest absolute Gasteiger partial charge is 0.462 e. The fraction of sp³-hybridized carbons (Fsp3) is 0.417. The Morgan fingerprint density at radius 1 is 1.56 bits per heavy atom. The SMILES string of the molecule is CCOC(=O)c1cccc(SCC(O)CO)c1N. The Labute approximate surface area is 110 Å². The summed E-state index contributed by atoms with van der Waals surface area (Å²) in [5, 5.41) is 18.0. The lowest BCUT2D eigenvalue weighted by molar-refractivity contribution is 0.0527. The summed E-state index contributed by atoms with van der Waals surface area (Å²) in [7, 11) is 0. The smallest absolute Gasteiger partial charge is 0.340 e. The summed E-state index contributed by atoms with van der Waals surface area (Å²) in [6.07, 6.45) is -0.805. The van der Waals surface area contributed by atoms with Crippen molar-refractivity contribution in [2.24, 2.45) is 0 Å². The number of esters is 1. The molecule has 0 aliphatic carbocycles. The van der Waals surface area contributed by atoms with Crippen molar-refractivity contribution >= 4 is 23.4 Å². The monoisotopic (exact) mass is 271 g/mol. The van der Waals surface area contributed by atoms with E-state index in [0.29, 0.717) is 28.5 Å². The summed E-state index contributed by atoms with van der Waals surface area (Å²) in [6.45, 7) is 1.72. The molecule has 1 rings (SSSR count). The Morgan fingerprint density at radius 3 is 2.89 bits per heavy atom. The van der Waals surface area contributed by atoms with Crippen LogP contribution < -0.4 is 5.73 Å². The number of aliphatic hydroxyl groups is 2. The predicted molar refractivity (Wildman–Crippen MR) is 70.6 cm³/mol. The first-order valence-corrected chi connectivity index (χ1v) is 6.56. The standard InChI is InChI=1S/C12H17NO4S/c1-2-17-12(16)9-4-3-5-10(11(9)13)18-7-8(15)6-14/h3-5,8,14-15H,2,6-7,13H2,1H3. The zero-order valence-corrected chi connectivity index (χ0v) is 10.9. The number of hydrogen-bond donors (Lipinski definition) is 3. The molecule has 0 radical (unpaired) electrons. The summed E-state index contributed by atoms with van der Waals surface area (Å²) in [5.74, 6) is -0.146. The topological polar surface area (TPSA) is 92.8 Å². The van der Waals surface area contributed by atoms with Gasteiger partial charge in [0.05, 0.1) is 30.6 Å². The lowest BCUT2D eigenvalue weighted by Crippen LogP contribution is -2.15. The molecule has 0 fully saturated rings. The number of nitrogens with two attached hydrogens (primary N) is 1. The van der Waals surface area contributed by atoms with Crippen molar-refractivity contribution in [1.82, 2.24) is 0 Å². The first-order chi connectivity index (χ1) is 8.60. The second-order valence-electron chi connectivity index (χ2n) is 3.59. The summed E-state index contributed by atoms with van der Waals surface area (Å²) in [6, 6.07) is 5.06. The number of para-hydroxylation sites is 1. The average molecular weight is 271 g/mol. The van der Waals surface area contributed by atoms with Crippen LogP contribution in [-0.2, 0) is 4.74 Å². The summed E-state index contributed by atoms with van der Waals surface area (Å²) in [4.78, 5) is 12.3. The van der Waals surface area contributed by atoms with Gasteiger partial charge in [-0.2, -0.15) is 0 Å². The normalized spacial score (nSPS) is 12.2. The van der Waals surface area contributed by atoms with Crippen LogP contribution in [0.4, 0.5) is 5.69 Å². The molecule has 18 heavy (non-hydrogen) atoms. The van der Waals surface area contributed by atoms with Crippen molar-refractivity contribution in [3.05, 3.63) is 23.8 Å². The van der Waals surface area contributed by atoms with Gasteiger partial charge in [-0.25, -0.2) is 4.79 Å². The third kappa shape index (κ3) is 3.90. The first-order valence-electron chi connectivity index (χ1n) is 5.57. The van der Waals surface area contributed by atoms with Gasteiger partial charge in [0, 0.05) is 10.6 Å². The lowest BCUT2D eigenvalue weighted by atomic mass is 10.2. The van der Waals surface area contributed by atoms with Crippen LogP contribution in [0, 0.1) is 0 Å². The molecular weight excluding hydrogens is 254 g/mol. The Kier molecular flexibility index (Phi) is 5.97. The molecule has 0 amide bonds. The predicted octanol–water partition coefficient (Wildman–Crippen LogP) is 0.891. The number of anilines is 1. The molecule has 4 N–H and O–H groups in total. The van der Waals surface area contributed by atoms with E-state index < -0.39 is 12.1 Å². The maximum atomic E-state index is 11.6. The van der Waals surface area contributed by atoms with Crippen LogP contribution in [0.2, 0.25) is 0 Å². The van der Waals surface area contributed by atoms with Gasteiger partial charge in [0.2, 0.25) is 0 Å². The van der Waals surface area contributed by atoms with Gasteiger partial charge in [0.15, 0.2) is 0 Å². The molecule has 1 aromatic rings. The number of aliphatic hydroxyl groups excluding tert-OH is 2. The number of hydrogen-bond acceptors (Lipinski definition) is 6. The van der Waals surface area contributed by atoms with Crippen molar-refractivity contribution in [2.75, 3.05) is 24.7 Å². The highest BCUT2D eigenvalue weighted by Gasteiger charge is 2.14. The van der Waals surface area contributed by atoms with Gasteiger partial charge in [-0.3, -0.25) is 0 Å². The highest BCUT2D eigenvalue weighted by atomic mass is 32.2. The van der Waals surface area contributed by atoms with E-state index in [4.69, 9.17) is 15.6 Å². The number of carbonyl (C=O) groups is 1. The van der Waals surface area contributed by atoms with Crippen molar-refractivity contribution < 1.29 is 19.7 Å². The van der Waals surface area contributed by atoms with E-state index in [9.17, 15) is 9.90 Å². The third-order valence-electron chi connectivity index (χ3n) is 2.20. The molecule has 0 spiro atoms. The second kappa shape index (κ2) is 7.25. The van der Waals surface area contributed by atoms with Gasteiger partial charge in [0.25, 0.3) is 0 Å².